The Labute approximate surface area is 213 Å². The molecule has 37 heavy (non-hydrogen) atoms. The maximum atomic E-state index is 14.5. The van der Waals surface area contributed by atoms with Gasteiger partial charge in [0.25, 0.3) is 0 Å². The molecule has 11 heteroatoms. The maximum Gasteiger partial charge on any atom is 0.337 e. The van der Waals surface area contributed by atoms with Gasteiger partial charge in [0.1, 0.15) is 23.8 Å². The predicted octanol–water partition coefficient (Wildman–Crippen LogP) is 1.82. The molecule has 200 valence electrons. The van der Waals surface area contributed by atoms with Gasteiger partial charge in [0.05, 0.1) is 19.6 Å². The fourth-order valence-corrected chi connectivity index (χ4v) is 4.65. The summed E-state index contributed by atoms with van der Waals surface area (Å²) in [7, 11) is 3.01. The van der Waals surface area contributed by atoms with Gasteiger partial charge in [-0.25, -0.2) is 13.6 Å². The van der Waals surface area contributed by atoms with E-state index >= 15 is 0 Å². The Morgan fingerprint density at radius 1 is 0.919 bits per heavy atom. The molecule has 2 aromatic rings. The van der Waals surface area contributed by atoms with Gasteiger partial charge < -0.3 is 24.1 Å². The first-order valence-corrected chi connectivity index (χ1v) is 12.0. The molecule has 0 amide bonds. The van der Waals surface area contributed by atoms with Gasteiger partial charge in [-0.3, -0.25) is 15.4 Å². The van der Waals surface area contributed by atoms with E-state index in [9.17, 15) is 23.5 Å². The number of aliphatic hydroxyl groups excluding tert-OH is 1. The quantitative estimate of drug-likeness (QED) is 0.336. The van der Waals surface area contributed by atoms with Gasteiger partial charge in [0.2, 0.25) is 0 Å². The lowest BCUT2D eigenvalue weighted by atomic mass is 9.96. The summed E-state index contributed by atoms with van der Waals surface area (Å²) in [5.74, 6) is -3.02. The van der Waals surface area contributed by atoms with E-state index in [0.717, 1.165) is 11.1 Å². The number of fused-ring (bicyclic) bond motifs is 2. The van der Waals surface area contributed by atoms with Crippen LogP contribution in [0.3, 0.4) is 0 Å². The third-order valence-corrected chi connectivity index (χ3v) is 6.45. The summed E-state index contributed by atoms with van der Waals surface area (Å²) in [4.78, 5) is 25.2. The van der Waals surface area contributed by atoms with Crippen LogP contribution in [0, 0.1) is 11.6 Å². The van der Waals surface area contributed by atoms with Gasteiger partial charge in [0.15, 0.2) is 18.6 Å². The molecule has 0 saturated carbocycles. The Hall–Kier alpha value is -2.96. The molecular weight excluding hydrogens is 490 g/mol. The molecule has 2 aliphatic heterocycles. The second-order valence-corrected chi connectivity index (χ2v) is 8.77. The first kappa shape index (κ1) is 27.1. The average Bonchev–Trinajstić information content (AvgIpc) is 2.90. The highest BCUT2D eigenvalue weighted by Crippen LogP contribution is 2.34. The number of carbonyl (C=O) groups excluding carboxylic acids is 2. The number of hydrogen-bond acceptors (Lipinski definition) is 9. The molecule has 3 N–H and O–H groups in total. The molecule has 9 nitrogen and oxygen atoms in total. The molecule has 2 aliphatic rings. The van der Waals surface area contributed by atoms with Gasteiger partial charge in [-0.1, -0.05) is 24.3 Å². The molecule has 3 unspecified atom stereocenters. The molecule has 0 saturated heterocycles. The van der Waals surface area contributed by atoms with E-state index in [0.29, 0.717) is 26.1 Å². The van der Waals surface area contributed by atoms with Crippen molar-refractivity contribution in [2.45, 2.75) is 50.0 Å². The highest BCUT2D eigenvalue weighted by atomic mass is 19.1. The lowest BCUT2D eigenvalue weighted by Gasteiger charge is -2.33. The zero-order chi connectivity index (χ0) is 26.5. The Kier molecular flexibility index (Phi) is 8.83. The minimum Gasteiger partial charge on any atom is -0.443 e. The van der Waals surface area contributed by atoms with Crippen LogP contribution in [0.2, 0.25) is 0 Å². The van der Waals surface area contributed by atoms with E-state index < -0.39 is 60.8 Å². The van der Waals surface area contributed by atoms with Crippen molar-refractivity contribution < 1.29 is 42.4 Å². The number of likely N-dealkylation sites (N-methyl/N-ethyl adjacent to an activating group) is 2. The number of halogens is 2. The third-order valence-electron chi connectivity index (χ3n) is 6.45. The van der Waals surface area contributed by atoms with Crippen LogP contribution in [0.25, 0.3) is 0 Å². The smallest absolute Gasteiger partial charge is 0.337 e. The number of rotatable bonds is 9. The summed E-state index contributed by atoms with van der Waals surface area (Å²) in [5, 5.41) is 15.9. The number of benzene rings is 2. The monoisotopic (exact) mass is 520 g/mol. The average molecular weight is 521 g/mol. The molecule has 0 aromatic heterocycles. The fraction of sp³-hybridized carbons (Fsp3) is 0.462. The number of aliphatic hydroxyl groups is 1. The standard InChI is InChI=1S/C26H30F2N2O7/c1-29-24(22-20-14(9-11-34-22)5-3-7-16(20)27)36-19(32)13-18(31)26(33)37-25(30-2)23-21-15(10-12-35-23)6-4-8-17(21)28/h3-8,18,22-25,29-31H,9-13H2,1-2H3/t18?,22?,23?,24-,25-/m1/s1. The van der Waals surface area contributed by atoms with Crippen LogP contribution in [0.1, 0.15) is 40.9 Å². The van der Waals surface area contributed by atoms with Crippen LogP contribution in [0.5, 0.6) is 0 Å². The normalized spacial score (nSPS) is 21.2. The fourth-order valence-electron chi connectivity index (χ4n) is 4.65. The molecule has 0 radical (unpaired) electrons. The molecule has 2 aromatic carbocycles. The van der Waals surface area contributed by atoms with Crippen molar-refractivity contribution in [1.29, 1.82) is 0 Å². The zero-order valence-electron chi connectivity index (χ0n) is 20.5. The van der Waals surface area contributed by atoms with E-state index in [-0.39, 0.29) is 11.1 Å². The molecule has 0 spiro atoms. The lowest BCUT2D eigenvalue weighted by Crippen LogP contribution is -2.43. The van der Waals surface area contributed by atoms with Crippen molar-refractivity contribution >= 4 is 11.9 Å². The maximum absolute atomic E-state index is 14.5. The van der Waals surface area contributed by atoms with Crippen molar-refractivity contribution in [1.82, 2.24) is 10.6 Å². The van der Waals surface area contributed by atoms with Crippen molar-refractivity contribution in [3.8, 4) is 0 Å². The first-order valence-electron chi connectivity index (χ1n) is 12.0. The second kappa shape index (κ2) is 12.1. The van der Waals surface area contributed by atoms with Gasteiger partial charge in [-0.2, -0.15) is 0 Å². The minimum absolute atomic E-state index is 0.270. The Bertz CT molecular complexity index is 1130. The largest absolute Gasteiger partial charge is 0.443 e. The molecule has 5 atom stereocenters. The van der Waals surface area contributed by atoms with Gasteiger partial charge in [-0.05, 0) is 50.2 Å². The minimum atomic E-state index is -1.86. The number of esters is 2. The number of carbonyl (C=O) groups is 2. The van der Waals surface area contributed by atoms with Crippen LogP contribution in [0.15, 0.2) is 36.4 Å². The van der Waals surface area contributed by atoms with E-state index in [1.54, 1.807) is 24.3 Å². The summed E-state index contributed by atoms with van der Waals surface area (Å²) in [6.45, 7) is 0.605. The molecule has 0 aliphatic carbocycles. The van der Waals surface area contributed by atoms with Crippen molar-refractivity contribution in [3.05, 3.63) is 70.3 Å². The zero-order valence-corrected chi connectivity index (χ0v) is 20.5. The highest BCUT2D eigenvalue weighted by Gasteiger charge is 2.37. The second-order valence-electron chi connectivity index (χ2n) is 8.77. The molecule has 0 fully saturated rings. The summed E-state index contributed by atoms with van der Waals surface area (Å²) in [6, 6.07) is 9.33. The summed E-state index contributed by atoms with van der Waals surface area (Å²) in [6.07, 6.45) is -5.58. The van der Waals surface area contributed by atoms with Gasteiger partial charge >= 0.3 is 11.9 Å². The van der Waals surface area contributed by atoms with Crippen molar-refractivity contribution in [3.63, 3.8) is 0 Å². The Morgan fingerprint density at radius 3 is 1.89 bits per heavy atom. The van der Waals surface area contributed by atoms with E-state index in [1.165, 1.54) is 26.2 Å². The van der Waals surface area contributed by atoms with Crippen LogP contribution >= 0.6 is 0 Å². The van der Waals surface area contributed by atoms with Crippen molar-refractivity contribution in [2.75, 3.05) is 27.3 Å². The van der Waals surface area contributed by atoms with Crippen molar-refractivity contribution in [2.24, 2.45) is 0 Å². The molecule has 4 rings (SSSR count). The third kappa shape index (κ3) is 5.97. The Morgan fingerprint density at radius 2 is 1.41 bits per heavy atom. The number of nitrogens with one attached hydrogen (secondary N) is 2. The molecular formula is C26H30F2N2O7. The topological polar surface area (TPSA) is 115 Å². The first-order chi connectivity index (χ1) is 17.8. The SMILES string of the molecule is CN[C@H](OC(=O)CC(O)C(=O)O[C@@H](NC)C1OCCc2cccc(F)c21)C1OCCc2cccc(F)c21. The van der Waals surface area contributed by atoms with Gasteiger partial charge in [0, 0.05) is 11.1 Å². The van der Waals surface area contributed by atoms with Crippen LogP contribution in [0.4, 0.5) is 8.78 Å². The lowest BCUT2D eigenvalue weighted by molar-refractivity contribution is -0.178. The van der Waals surface area contributed by atoms with E-state index in [1.807, 2.05) is 0 Å². The van der Waals surface area contributed by atoms with Gasteiger partial charge in [-0.15, -0.1) is 0 Å². The number of hydrogen-bond donors (Lipinski definition) is 3. The van der Waals surface area contributed by atoms with Crippen LogP contribution < -0.4 is 10.6 Å². The summed E-state index contributed by atoms with van der Waals surface area (Å²) < 4.78 is 51.1. The van der Waals surface area contributed by atoms with Crippen LogP contribution in [-0.4, -0.2) is 62.9 Å². The molecule has 2 heterocycles. The number of ether oxygens (including phenoxy) is 4. The summed E-state index contributed by atoms with van der Waals surface area (Å²) >= 11 is 0. The highest BCUT2D eigenvalue weighted by molar-refractivity contribution is 5.81. The van der Waals surface area contributed by atoms with Crippen LogP contribution in [-0.2, 0) is 41.4 Å². The molecule has 0 bridgehead atoms. The summed E-state index contributed by atoms with van der Waals surface area (Å²) in [5.41, 5.74) is 2.04. The predicted molar refractivity (Wildman–Crippen MR) is 126 cm³/mol. The van der Waals surface area contributed by atoms with E-state index in [2.05, 4.69) is 10.6 Å². The van der Waals surface area contributed by atoms with E-state index in [4.69, 9.17) is 18.9 Å². The Balaban J connectivity index is 1.38.